The lowest BCUT2D eigenvalue weighted by molar-refractivity contribution is 0.199. The van der Waals surface area contributed by atoms with Crippen molar-refractivity contribution in [2.24, 2.45) is 0 Å². The maximum Gasteiger partial charge on any atom is 0.174 e. The third kappa shape index (κ3) is 2.82. The molecule has 16 heavy (non-hydrogen) atoms. The van der Waals surface area contributed by atoms with Gasteiger partial charge in [-0.3, -0.25) is 0 Å². The Kier molecular flexibility index (Phi) is 3.96. The van der Waals surface area contributed by atoms with Crippen LogP contribution in [0.1, 0.15) is 18.6 Å². The van der Waals surface area contributed by atoms with Crippen molar-refractivity contribution in [3.63, 3.8) is 0 Å². The summed E-state index contributed by atoms with van der Waals surface area (Å²) in [5.74, 6) is 0. The molecule has 1 aromatic heterocycles. The maximum absolute atomic E-state index is 9.45. The standard InChI is InChI=1S/C10H9BrN2OS2/c1-6(14)7-2-3-9(8(11)4-7)15-10-12-5-13-16-10/h2-6,14H,1H3. The average Bonchev–Trinajstić information content (AvgIpc) is 2.73. The van der Waals surface area contributed by atoms with Crippen LogP contribution in [0.3, 0.4) is 0 Å². The summed E-state index contributed by atoms with van der Waals surface area (Å²) in [6.07, 6.45) is 1.10. The highest BCUT2D eigenvalue weighted by atomic mass is 79.9. The van der Waals surface area contributed by atoms with Crippen LogP contribution in [0.2, 0.25) is 0 Å². The fourth-order valence-corrected chi connectivity index (χ4v) is 3.21. The summed E-state index contributed by atoms with van der Waals surface area (Å²) in [6.45, 7) is 1.75. The third-order valence-corrected chi connectivity index (χ3v) is 4.69. The summed E-state index contributed by atoms with van der Waals surface area (Å²) in [5.41, 5.74) is 0.897. The SMILES string of the molecule is CC(O)c1ccc(Sc2ncns2)c(Br)c1. The number of rotatable bonds is 3. The molecule has 2 aromatic rings. The summed E-state index contributed by atoms with van der Waals surface area (Å²) in [7, 11) is 0. The minimum absolute atomic E-state index is 0.447. The van der Waals surface area contributed by atoms with Crippen molar-refractivity contribution in [2.45, 2.75) is 22.3 Å². The van der Waals surface area contributed by atoms with E-state index in [2.05, 4.69) is 25.3 Å². The highest BCUT2D eigenvalue weighted by Gasteiger charge is 2.08. The summed E-state index contributed by atoms with van der Waals surface area (Å²) < 4.78 is 5.82. The first kappa shape index (κ1) is 12.0. The summed E-state index contributed by atoms with van der Waals surface area (Å²) in [6, 6.07) is 5.81. The monoisotopic (exact) mass is 316 g/mol. The number of hydrogen-bond donors (Lipinski definition) is 1. The fourth-order valence-electron chi connectivity index (χ4n) is 1.16. The van der Waals surface area contributed by atoms with Gasteiger partial charge in [0.25, 0.3) is 0 Å². The van der Waals surface area contributed by atoms with Crippen molar-refractivity contribution in [2.75, 3.05) is 0 Å². The van der Waals surface area contributed by atoms with Crippen LogP contribution in [-0.4, -0.2) is 14.5 Å². The lowest BCUT2D eigenvalue weighted by Gasteiger charge is -2.07. The molecule has 0 aliphatic rings. The van der Waals surface area contributed by atoms with E-state index in [0.717, 1.165) is 19.3 Å². The highest BCUT2D eigenvalue weighted by Crippen LogP contribution is 2.35. The van der Waals surface area contributed by atoms with Gasteiger partial charge in [0.2, 0.25) is 0 Å². The summed E-state index contributed by atoms with van der Waals surface area (Å²) in [5, 5.41) is 9.45. The van der Waals surface area contributed by atoms with E-state index >= 15 is 0 Å². The molecule has 0 spiro atoms. The molecule has 1 aromatic carbocycles. The van der Waals surface area contributed by atoms with E-state index in [-0.39, 0.29) is 0 Å². The van der Waals surface area contributed by atoms with Crippen molar-refractivity contribution in [1.29, 1.82) is 0 Å². The van der Waals surface area contributed by atoms with Crippen LogP contribution in [0.5, 0.6) is 0 Å². The molecule has 1 unspecified atom stereocenters. The molecular formula is C10H9BrN2OS2. The largest absolute Gasteiger partial charge is 0.389 e. The second-order valence-corrected chi connectivity index (χ2v) is 6.10. The summed E-state index contributed by atoms with van der Waals surface area (Å²) >= 11 is 6.41. The fraction of sp³-hybridized carbons (Fsp3) is 0.200. The van der Waals surface area contributed by atoms with Crippen LogP contribution in [0, 0.1) is 0 Å². The molecular weight excluding hydrogens is 308 g/mol. The van der Waals surface area contributed by atoms with Gasteiger partial charge in [0.15, 0.2) is 4.34 Å². The van der Waals surface area contributed by atoms with E-state index in [1.54, 1.807) is 25.0 Å². The topological polar surface area (TPSA) is 46.0 Å². The molecule has 0 amide bonds. The molecule has 1 heterocycles. The van der Waals surface area contributed by atoms with Gasteiger partial charge >= 0.3 is 0 Å². The Morgan fingerprint density at radius 3 is 2.88 bits per heavy atom. The van der Waals surface area contributed by atoms with Gasteiger partial charge in [0.1, 0.15) is 6.33 Å². The van der Waals surface area contributed by atoms with Gasteiger partial charge in [-0.2, -0.15) is 4.37 Å². The summed E-state index contributed by atoms with van der Waals surface area (Å²) in [4.78, 5) is 5.18. The zero-order chi connectivity index (χ0) is 11.5. The minimum atomic E-state index is -0.447. The van der Waals surface area contributed by atoms with Crippen LogP contribution in [0.15, 0.2) is 38.2 Å². The van der Waals surface area contributed by atoms with Crippen LogP contribution >= 0.6 is 39.2 Å². The number of aliphatic hydroxyl groups is 1. The molecule has 3 nitrogen and oxygen atoms in total. The van der Waals surface area contributed by atoms with Crippen molar-refractivity contribution in [1.82, 2.24) is 9.36 Å². The van der Waals surface area contributed by atoms with E-state index < -0.39 is 6.10 Å². The molecule has 0 fully saturated rings. The lowest BCUT2D eigenvalue weighted by Crippen LogP contribution is -1.90. The molecule has 0 aliphatic heterocycles. The van der Waals surface area contributed by atoms with Gasteiger partial charge in [0.05, 0.1) is 6.10 Å². The Morgan fingerprint density at radius 2 is 2.31 bits per heavy atom. The molecule has 0 saturated carbocycles. The van der Waals surface area contributed by atoms with Crippen LogP contribution in [0.25, 0.3) is 0 Å². The molecule has 84 valence electrons. The quantitative estimate of drug-likeness (QED) is 0.941. The Bertz CT molecular complexity index is 474. The molecule has 2 rings (SSSR count). The minimum Gasteiger partial charge on any atom is -0.389 e. The van der Waals surface area contributed by atoms with Gasteiger partial charge in [-0.15, -0.1) is 0 Å². The van der Waals surface area contributed by atoms with Gasteiger partial charge in [0, 0.05) is 9.37 Å². The molecule has 6 heteroatoms. The van der Waals surface area contributed by atoms with Crippen LogP contribution in [0.4, 0.5) is 0 Å². The Balaban J connectivity index is 2.23. The Morgan fingerprint density at radius 1 is 1.50 bits per heavy atom. The number of benzene rings is 1. The van der Waals surface area contributed by atoms with Crippen molar-refractivity contribution in [3.05, 3.63) is 34.6 Å². The normalized spacial score (nSPS) is 12.7. The van der Waals surface area contributed by atoms with Crippen molar-refractivity contribution in [3.8, 4) is 0 Å². The first-order valence-electron chi connectivity index (χ1n) is 4.59. The van der Waals surface area contributed by atoms with Crippen LogP contribution in [-0.2, 0) is 0 Å². The number of aliphatic hydroxyl groups excluding tert-OH is 1. The lowest BCUT2D eigenvalue weighted by atomic mass is 10.1. The highest BCUT2D eigenvalue weighted by molar-refractivity contribution is 9.10. The van der Waals surface area contributed by atoms with Gasteiger partial charge in [-0.1, -0.05) is 17.8 Å². The second kappa shape index (κ2) is 5.27. The molecule has 0 aliphatic carbocycles. The first-order chi connectivity index (χ1) is 7.66. The maximum atomic E-state index is 9.45. The predicted octanol–water partition coefficient (Wildman–Crippen LogP) is 3.51. The smallest absolute Gasteiger partial charge is 0.174 e. The van der Waals surface area contributed by atoms with E-state index in [9.17, 15) is 5.11 Å². The zero-order valence-corrected chi connectivity index (χ0v) is 11.6. The van der Waals surface area contributed by atoms with Gasteiger partial charge < -0.3 is 5.11 Å². The Hall–Kier alpha value is -0.430. The number of halogens is 1. The van der Waals surface area contributed by atoms with Crippen molar-refractivity contribution < 1.29 is 5.11 Å². The number of nitrogens with zero attached hydrogens (tertiary/aromatic N) is 2. The van der Waals surface area contributed by atoms with Crippen LogP contribution < -0.4 is 0 Å². The average molecular weight is 317 g/mol. The Labute approximate surface area is 110 Å². The van der Waals surface area contributed by atoms with Crippen molar-refractivity contribution >= 4 is 39.2 Å². The predicted molar refractivity (Wildman–Crippen MR) is 68.8 cm³/mol. The van der Waals surface area contributed by atoms with E-state index in [1.807, 2.05) is 18.2 Å². The molecule has 1 atom stereocenters. The molecule has 1 N–H and O–H groups in total. The first-order valence-corrected chi connectivity index (χ1v) is 6.97. The van der Waals surface area contributed by atoms with E-state index in [0.29, 0.717) is 0 Å². The van der Waals surface area contributed by atoms with E-state index in [1.165, 1.54) is 11.5 Å². The third-order valence-electron chi connectivity index (χ3n) is 1.98. The number of aromatic nitrogens is 2. The second-order valence-electron chi connectivity index (χ2n) is 3.18. The molecule has 0 saturated heterocycles. The molecule has 0 bridgehead atoms. The van der Waals surface area contributed by atoms with Gasteiger partial charge in [-0.05, 0) is 52.1 Å². The number of hydrogen-bond acceptors (Lipinski definition) is 5. The zero-order valence-electron chi connectivity index (χ0n) is 8.42. The van der Waals surface area contributed by atoms with Gasteiger partial charge in [-0.25, -0.2) is 4.98 Å². The molecule has 0 radical (unpaired) electrons. The van der Waals surface area contributed by atoms with E-state index in [4.69, 9.17) is 0 Å².